The third-order valence-corrected chi connectivity index (χ3v) is 6.36. The standard InChI is InChI=1S/C31H25F6NO4/c1-21-13-15-25(16-14-21)40-28(39)38-20-29(19-22-7-3-2-4-8-22,23-9-5-11-26(17-23)41-30(32,33)34)24-10-6-12-27(18-24)42-31(35,36)37/h2-18H,19-20H2,1H3,(H,38,39). The predicted octanol–water partition coefficient (Wildman–Crippen LogP) is 8.11. The number of rotatable bonds is 9. The summed E-state index contributed by atoms with van der Waals surface area (Å²) in [6.45, 7) is 1.58. The van der Waals surface area contributed by atoms with Gasteiger partial charge in [-0.15, -0.1) is 26.3 Å². The Labute approximate surface area is 237 Å². The van der Waals surface area contributed by atoms with Crippen molar-refractivity contribution in [2.45, 2.75) is 31.5 Å². The van der Waals surface area contributed by atoms with Crippen molar-refractivity contribution in [2.75, 3.05) is 6.54 Å². The van der Waals surface area contributed by atoms with Crippen LogP contribution < -0.4 is 19.5 Å². The lowest BCUT2D eigenvalue weighted by Gasteiger charge is -2.36. The molecule has 1 amide bonds. The molecule has 0 heterocycles. The van der Waals surface area contributed by atoms with Crippen LogP contribution in [0.25, 0.3) is 0 Å². The zero-order valence-electron chi connectivity index (χ0n) is 22.1. The molecule has 0 unspecified atom stereocenters. The van der Waals surface area contributed by atoms with Gasteiger partial charge in [0, 0.05) is 12.0 Å². The lowest BCUT2D eigenvalue weighted by molar-refractivity contribution is -0.275. The highest BCUT2D eigenvalue weighted by Gasteiger charge is 2.38. The molecule has 0 atom stereocenters. The Morgan fingerprint density at radius 3 is 1.69 bits per heavy atom. The summed E-state index contributed by atoms with van der Waals surface area (Å²) in [4.78, 5) is 12.9. The molecule has 0 aliphatic rings. The van der Waals surface area contributed by atoms with Gasteiger partial charge in [0.05, 0.1) is 0 Å². The van der Waals surface area contributed by atoms with Crippen molar-refractivity contribution in [3.05, 3.63) is 125 Å². The van der Waals surface area contributed by atoms with Crippen molar-refractivity contribution >= 4 is 6.09 Å². The lowest BCUT2D eigenvalue weighted by atomic mass is 9.70. The summed E-state index contributed by atoms with van der Waals surface area (Å²) in [5, 5.41) is 2.65. The minimum absolute atomic E-state index is 0.0591. The quantitative estimate of drug-likeness (QED) is 0.201. The van der Waals surface area contributed by atoms with Crippen molar-refractivity contribution in [3.8, 4) is 17.2 Å². The zero-order chi connectivity index (χ0) is 30.4. The Balaban J connectivity index is 1.82. The minimum atomic E-state index is -4.99. The molecule has 0 radical (unpaired) electrons. The molecule has 11 heteroatoms. The summed E-state index contributed by atoms with van der Waals surface area (Å²) in [7, 11) is 0. The summed E-state index contributed by atoms with van der Waals surface area (Å²) in [5.74, 6) is -0.836. The van der Waals surface area contributed by atoms with Crippen molar-refractivity contribution in [3.63, 3.8) is 0 Å². The molecular weight excluding hydrogens is 564 g/mol. The molecule has 0 aliphatic carbocycles. The van der Waals surface area contributed by atoms with Gasteiger partial charge in [0.25, 0.3) is 0 Å². The highest BCUT2D eigenvalue weighted by atomic mass is 19.4. The van der Waals surface area contributed by atoms with E-state index in [-0.39, 0.29) is 29.8 Å². The molecule has 42 heavy (non-hydrogen) atoms. The molecular formula is C31H25F6NO4. The fourth-order valence-corrected chi connectivity index (χ4v) is 4.54. The first-order valence-corrected chi connectivity index (χ1v) is 12.6. The highest BCUT2D eigenvalue weighted by molar-refractivity contribution is 5.71. The monoisotopic (exact) mass is 589 g/mol. The fourth-order valence-electron chi connectivity index (χ4n) is 4.54. The maximum Gasteiger partial charge on any atom is 0.573 e. The molecule has 4 rings (SSSR count). The maximum atomic E-state index is 13.1. The third kappa shape index (κ3) is 8.42. The summed E-state index contributed by atoms with van der Waals surface area (Å²) in [6.07, 6.45) is -10.8. The van der Waals surface area contributed by atoms with Crippen LogP contribution >= 0.6 is 0 Å². The lowest BCUT2D eigenvalue weighted by Crippen LogP contribution is -2.44. The molecule has 1 N–H and O–H groups in total. The molecule has 4 aromatic carbocycles. The van der Waals surface area contributed by atoms with E-state index in [2.05, 4.69) is 14.8 Å². The van der Waals surface area contributed by atoms with Gasteiger partial charge in [-0.2, -0.15) is 0 Å². The van der Waals surface area contributed by atoms with Gasteiger partial charge in [-0.1, -0.05) is 72.3 Å². The number of amides is 1. The Bertz CT molecular complexity index is 1430. The van der Waals surface area contributed by atoms with Crippen LogP contribution in [-0.4, -0.2) is 25.4 Å². The molecule has 0 spiro atoms. The van der Waals surface area contributed by atoms with Gasteiger partial charge < -0.3 is 19.5 Å². The van der Waals surface area contributed by atoms with Gasteiger partial charge in [-0.05, 0) is 66.4 Å². The normalized spacial score (nSPS) is 12.0. The zero-order valence-corrected chi connectivity index (χ0v) is 22.1. The smallest absolute Gasteiger partial charge is 0.410 e. The van der Waals surface area contributed by atoms with E-state index in [1.165, 1.54) is 24.3 Å². The van der Waals surface area contributed by atoms with Gasteiger partial charge in [-0.3, -0.25) is 0 Å². The van der Waals surface area contributed by atoms with Gasteiger partial charge in [0.15, 0.2) is 0 Å². The second-order valence-corrected chi connectivity index (χ2v) is 9.45. The average Bonchev–Trinajstić information content (AvgIpc) is 2.91. The van der Waals surface area contributed by atoms with E-state index in [1.54, 1.807) is 54.6 Å². The van der Waals surface area contributed by atoms with Crippen molar-refractivity contribution in [1.29, 1.82) is 0 Å². The van der Waals surface area contributed by atoms with Gasteiger partial charge in [0.2, 0.25) is 0 Å². The van der Waals surface area contributed by atoms with Crippen molar-refractivity contribution in [1.82, 2.24) is 5.32 Å². The number of benzene rings is 4. The van der Waals surface area contributed by atoms with Crippen LogP contribution in [0.5, 0.6) is 17.2 Å². The SMILES string of the molecule is Cc1ccc(OC(=O)NCC(Cc2ccccc2)(c2cccc(OC(F)(F)F)c2)c2cccc(OC(F)(F)F)c2)cc1. The molecule has 0 aliphatic heterocycles. The molecule has 0 fully saturated rings. The number of carbonyl (C=O) groups excluding carboxylic acids is 1. The Morgan fingerprint density at radius 2 is 1.19 bits per heavy atom. The van der Waals surface area contributed by atoms with Crippen LogP contribution in [0.3, 0.4) is 0 Å². The summed E-state index contributed by atoms with van der Waals surface area (Å²) in [6, 6.07) is 25.6. The number of hydrogen-bond acceptors (Lipinski definition) is 4. The summed E-state index contributed by atoms with van der Waals surface area (Å²) in [5.41, 5.74) is 0.673. The number of nitrogens with one attached hydrogen (secondary N) is 1. The summed E-state index contributed by atoms with van der Waals surface area (Å²) >= 11 is 0. The molecule has 0 aromatic heterocycles. The van der Waals surface area contributed by atoms with Crippen molar-refractivity contribution in [2.24, 2.45) is 0 Å². The van der Waals surface area contributed by atoms with E-state index in [4.69, 9.17) is 4.74 Å². The van der Waals surface area contributed by atoms with Crippen LogP contribution in [-0.2, 0) is 11.8 Å². The highest BCUT2D eigenvalue weighted by Crippen LogP contribution is 2.40. The number of hydrogen-bond donors (Lipinski definition) is 1. The first kappa shape index (κ1) is 30.3. The largest absolute Gasteiger partial charge is 0.573 e. The second kappa shape index (κ2) is 12.5. The number of alkyl halides is 6. The van der Waals surface area contributed by atoms with Gasteiger partial charge in [0.1, 0.15) is 17.2 Å². The van der Waals surface area contributed by atoms with Gasteiger partial charge >= 0.3 is 18.8 Å². The minimum Gasteiger partial charge on any atom is -0.410 e. The van der Waals surface area contributed by atoms with E-state index in [9.17, 15) is 31.1 Å². The Morgan fingerprint density at radius 1 is 0.667 bits per heavy atom. The van der Waals surface area contributed by atoms with Crippen LogP contribution in [0, 0.1) is 6.92 Å². The van der Waals surface area contributed by atoms with Crippen LogP contribution in [0.15, 0.2) is 103 Å². The topological polar surface area (TPSA) is 56.8 Å². The molecule has 0 bridgehead atoms. The van der Waals surface area contributed by atoms with E-state index in [0.29, 0.717) is 5.56 Å². The van der Waals surface area contributed by atoms with E-state index in [1.807, 2.05) is 6.92 Å². The second-order valence-electron chi connectivity index (χ2n) is 9.45. The van der Waals surface area contributed by atoms with Crippen LogP contribution in [0.2, 0.25) is 0 Å². The van der Waals surface area contributed by atoms with Gasteiger partial charge in [-0.25, -0.2) is 4.79 Å². The first-order chi connectivity index (χ1) is 19.8. The van der Waals surface area contributed by atoms with Crippen molar-refractivity contribution < 1.29 is 45.3 Å². The molecule has 0 saturated carbocycles. The first-order valence-electron chi connectivity index (χ1n) is 12.6. The van der Waals surface area contributed by atoms with E-state index < -0.39 is 35.7 Å². The Hall–Kier alpha value is -4.67. The number of aryl methyl sites for hydroxylation is 1. The summed E-state index contributed by atoms with van der Waals surface area (Å²) < 4.78 is 92.4. The third-order valence-electron chi connectivity index (χ3n) is 6.36. The fraction of sp³-hybridized carbons (Fsp3) is 0.194. The average molecular weight is 590 g/mol. The number of carbonyl (C=O) groups is 1. The van der Waals surface area contributed by atoms with E-state index in [0.717, 1.165) is 29.8 Å². The molecule has 0 saturated heterocycles. The number of halogens is 6. The van der Waals surface area contributed by atoms with E-state index >= 15 is 0 Å². The van der Waals surface area contributed by atoms with Crippen LogP contribution in [0.4, 0.5) is 31.1 Å². The molecule has 220 valence electrons. The molecule has 5 nitrogen and oxygen atoms in total. The number of ether oxygens (including phenoxy) is 3. The predicted molar refractivity (Wildman–Crippen MR) is 142 cm³/mol. The Kier molecular flexibility index (Phi) is 8.99. The van der Waals surface area contributed by atoms with Crippen LogP contribution in [0.1, 0.15) is 22.3 Å². The molecule has 4 aromatic rings. The maximum absolute atomic E-state index is 13.1.